The van der Waals surface area contributed by atoms with Gasteiger partial charge in [-0.25, -0.2) is 4.79 Å². The number of hydrogen-bond donors (Lipinski definition) is 3. The third-order valence-electron chi connectivity index (χ3n) is 8.47. The molecule has 4 rings (SSSR count). The number of alkyl halides is 3. The second kappa shape index (κ2) is 17.5. The van der Waals surface area contributed by atoms with Gasteiger partial charge in [0.1, 0.15) is 5.75 Å². The maximum atomic E-state index is 14.3. The van der Waals surface area contributed by atoms with E-state index in [0.29, 0.717) is 25.4 Å². The number of ether oxygens (including phenoxy) is 2. The molecule has 49 heavy (non-hydrogen) atoms. The normalized spacial score (nSPS) is 20.1. The summed E-state index contributed by atoms with van der Waals surface area (Å²) in [6.45, 7) is 7.63. The van der Waals surface area contributed by atoms with Gasteiger partial charge >= 0.3 is 12.2 Å². The Morgan fingerprint density at radius 3 is 2.41 bits per heavy atom. The fraction of sp³-hybridized carbons (Fsp3) is 0.472. The highest BCUT2D eigenvalue weighted by Crippen LogP contribution is 2.31. The number of aliphatic hydroxyl groups excluding tert-OH is 1. The fourth-order valence-electron chi connectivity index (χ4n) is 5.67. The van der Waals surface area contributed by atoms with Crippen LogP contribution < -0.4 is 15.4 Å². The quantitative estimate of drug-likeness (QED) is 0.243. The molecule has 3 aromatic rings. The predicted octanol–water partition coefficient (Wildman–Crippen LogP) is 6.67. The largest absolute Gasteiger partial charge is 0.490 e. The molecular weight excluding hydrogens is 639 g/mol. The Balaban J connectivity index is 1.57. The molecule has 1 aliphatic rings. The molecule has 0 saturated carbocycles. The van der Waals surface area contributed by atoms with E-state index in [0.717, 1.165) is 49.1 Å². The number of amides is 3. The molecule has 3 amide bonds. The molecule has 0 spiro atoms. The summed E-state index contributed by atoms with van der Waals surface area (Å²) in [4.78, 5) is 35.0. The standard InChI is InChI=1S/C36H46F3N5O5/c1-24-20-44(25(2)23-45)34(46)31-19-30(42-35(47)41-29-10-8-28(9-11-29)36(37,38)39)12-13-32(31)49-26(3)7-5-6-18-48-33(24)22-43(4)21-27-14-16-40-17-15-27/h8-17,19,24-26,33,45H,5-7,18,20-23H2,1-4H3,(H2,41,42,47)/t24-,25+,26+,33-/m1/s1. The highest BCUT2D eigenvalue weighted by Gasteiger charge is 2.31. The molecule has 1 aliphatic heterocycles. The van der Waals surface area contributed by atoms with Crippen molar-refractivity contribution in [3.63, 3.8) is 0 Å². The second-order valence-corrected chi connectivity index (χ2v) is 12.7. The fourth-order valence-corrected chi connectivity index (χ4v) is 5.67. The maximum absolute atomic E-state index is 14.3. The Hall–Kier alpha value is -4.20. The molecule has 2 aromatic carbocycles. The zero-order chi connectivity index (χ0) is 35.6. The summed E-state index contributed by atoms with van der Waals surface area (Å²) in [6.07, 6.45) is 1.03. The van der Waals surface area contributed by atoms with Gasteiger partial charge in [0.2, 0.25) is 0 Å². The highest BCUT2D eigenvalue weighted by molar-refractivity contribution is 6.02. The van der Waals surface area contributed by atoms with E-state index in [1.165, 1.54) is 6.07 Å². The third-order valence-corrected chi connectivity index (χ3v) is 8.47. The number of benzene rings is 2. The van der Waals surface area contributed by atoms with Gasteiger partial charge in [-0.1, -0.05) is 6.92 Å². The van der Waals surface area contributed by atoms with Crippen LogP contribution in [0.2, 0.25) is 0 Å². The van der Waals surface area contributed by atoms with Crippen LogP contribution in [0.15, 0.2) is 67.0 Å². The number of aromatic nitrogens is 1. The van der Waals surface area contributed by atoms with Crippen molar-refractivity contribution in [2.45, 2.75) is 71.0 Å². The Morgan fingerprint density at radius 2 is 1.73 bits per heavy atom. The number of rotatable bonds is 8. The number of fused-ring (bicyclic) bond motifs is 1. The summed E-state index contributed by atoms with van der Waals surface area (Å²) in [6, 6.07) is 11.5. The van der Waals surface area contributed by atoms with Crippen LogP contribution in [0.3, 0.4) is 0 Å². The van der Waals surface area contributed by atoms with Crippen molar-refractivity contribution in [1.29, 1.82) is 0 Å². The summed E-state index contributed by atoms with van der Waals surface area (Å²) < 4.78 is 51.5. The topological polar surface area (TPSA) is 116 Å². The lowest BCUT2D eigenvalue weighted by molar-refractivity contribution is -0.137. The summed E-state index contributed by atoms with van der Waals surface area (Å²) in [5.41, 5.74) is 0.939. The first kappa shape index (κ1) is 37.6. The minimum atomic E-state index is -4.49. The number of aliphatic hydroxyl groups is 1. The van der Waals surface area contributed by atoms with E-state index in [-0.39, 0.29) is 54.1 Å². The van der Waals surface area contributed by atoms with Crippen molar-refractivity contribution in [2.24, 2.45) is 5.92 Å². The van der Waals surface area contributed by atoms with Gasteiger partial charge in [-0.3, -0.25) is 14.7 Å². The minimum Gasteiger partial charge on any atom is -0.490 e. The smallest absolute Gasteiger partial charge is 0.416 e. The van der Waals surface area contributed by atoms with Gasteiger partial charge in [-0.15, -0.1) is 0 Å². The lowest BCUT2D eigenvalue weighted by Crippen LogP contribution is -2.47. The van der Waals surface area contributed by atoms with E-state index < -0.39 is 23.8 Å². The second-order valence-electron chi connectivity index (χ2n) is 12.7. The molecule has 4 atom stereocenters. The summed E-state index contributed by atoms with van der Waals surface area (Å²) >= 11 is 0. The number of urea groups is 1. The van der Waals surface area contributed by atoms with Crippen LogP contribution in [-0.2, 0) is 17.5 Å². The summed E-state index contributed by atoms with van der Waals surface area (Å²) in [5, 5.41) is 15.4. The molecule has 0 saturated heterocycles. The van der Waals surface area contributed by atoms with Gasteiger partial charge in [-0.05, 0) is 100 Å². The highest BCUT2D eigenvalue weighted by atomic mass is 19.4. The van der Waals surface area contributed by atoms with Crippen LogP contribution >= 0.6 is 0 Å². The van der Waals surface area contributed by atoms with Crippen molar-refractivity contribution < 1.29 is 37.3 Å². The van der Waals surface area contributed by atoms with E-state index in [2.05, 4.69) is 20.5 Å². The first-order valence-electron chi connectivity index (χ1n) is 16.5. The Labute approximate surface area is 285 Å². The molecule has 266 valence electrons. The number of nitrogens with one attached hydrogen (secondary N) is 2. The molecule has 0 radical (unpaired) electrons. The first-order chi connectivity index (χ1) is 23.3. The molecule has 2 heterocycles. The molecule has 0 bridgehead atoms. The van der Waals surface area contributed by atoms with E-state index in [9.17, 15) is 27.9 Å². The number of anilines is 2. The van der Waals surface area contributed by atoms with Crippen LogP contribution in [0.4, 0.5) is 29.3 Å². The number of halogens is 3. The Kier molecular flexibility index (Phi) is 13.4. The molecular formula is C36H46F3N5O5. The zero-order valence-electron chi connectivity index (χ0n) is 28.4. The van der Waals surface area contributed by atoms with E-state index in [4.69, 9.17) is 9.47 Å². The SMILES string of the molecule is C[C@@H]1CN([C@@H](C)CO)C(=O)c2cc(NC(=O)Nc3ccc(C(F)(F)F)cc3)ccc2O[C@@H](C)CCCCO[C@@H]1CN(C)Cc1ccncc1. The molecule has 0 aliphatic carbocycles. The first-order valence-corrected chi connectivity index (χ1v) is 16.5. The number of carbonyl (C=O) groups excluding carboxylic acids is 2. The van der Waals surface area contributed by atoms with Gasteiger partial charge in [0.15, 0.2) is 0 Å². The third kappa shape index (κ3) is 11.2. The van der Waals surface area contributed by atoms with E-state index in [1.54, 1.807) is 36.4 Å². The molecule has 0 fully saturated rings. The Bertz CT molecular complexity index is 1510. The Morgan fingerprint density at radius 1 is 1.06 bits per heavy atom. The monoisotopic (exact) mass is 685 g/mol. The van der Waals surface area contributed by atoms with E-state index in [1.807, 2.05) is 33.0 Å². The molecule has 0 unspecified atom stereocenters. The number of carbonyl (C=O) groups is 2. The lowest BCUT2D eigenvalue weighted by Gasteiger charge is -2.36. The average molecular weight is 686 g/mol. The predicted molar refractivity (Wildman–Crippen MR) is 182 cm³/mol. The van der Waals surface area contributed by atoms with Gasteiger partial charge < -0.3 is 30.1 Å². The van der Waals surface area contributed by atoms with E-state index >= 15 is 0 Å². The van der Waals surface area contributed by atoms with Crippen molar-refractivity contribution in [2.75, 3.05) is 44.0 Å². The van der Waals surface area contributed by atoms with Gasteiger partial charge in [-0.2, -0.15) is 13.2 Å². The number of pyridine rings is 1. The van der Waals surface area contributed by atoms with Crippen molar-refractivity contribution in [3.05, 3.63) is 83.7 Å². The minimum absolute atomic E-state index is 0.111. The van der Waals surface area contributed by atoms with Gasteiger partial charge in [0, 0.05) is 55.9 Å². The van der Waals surface area contributed by atoms with Crippen molar-refractivity contribution >= 4 is 23.3 Å². The molecule has 10 nitrogen and oxygen atoms in total. The number of nitrogens with zero attached hydrogens (tertiary/aromatic N) is 3. The van der Waals surface area contributed by atoms with Crippen LogP contribution in [0.25, 0.3) is 0 Å². The molecule has 13 heteroatoms. The van der Waals surface area contributed by atoms with Gasteiger partial charge in [0.05, 0.1) is 36.0 Å². The van der Waals surface area contributed by atoms with Crippen LogP contribution in [-0.4, -0.2) is 83.4 Å². The van der Waals surface area contributed by atoms with Crippen LogP contribution in [0.1, 0.15) is 61.5 Å². The summed E-state index contributed by atoms with van der Waals surface area (Å²) in [7, 11) is 2.03. The molecule has 3 N–H and O–H groups in total. The summed E-state index contributed by atoms with van der Waals surface area (Å²) in [5.74, 6) is -0.154. The zero-order valence-corrected chi connectivity index (χ0v) is 28.4. The number of likely N-dealkylation sites (N-methyl/N-ethyl adjacent to an activating group) is 1. The van der Waals surface area contributed by atoms with Crippen molar-refractivity contribution in [1.82, 2.24) is 14.8 Å². The van der Waals surface area contributed by atoms with Gasteiger partial charge in [0.25, 0.3) is 5.91 Å². The average Bonchev–Trinajstić information content (AvgIpc) is 3.06. The molecule has 1 aromatic heterocycles. The van der Waals surface area contributed by atoms with Crippen molar-refractivity contribution in [3.8, 4) is 5.75 Å². The van der Waals surface area contributed by atoms with Crippen LogP contribution in [0.5, 0.6) is 5.75 Å². The maximum Gasteiger partial charge on any atom is 0.416 e. The lowest BCUT2D eigenvalue weighted by atomic mass is 10.0. The number of hydrogen-bond acceptors (Lipinski definition) is 7. The van der Waals surface area contributed by atoms with Crippen LogP contribution in [0, 0.1) is 5.92 Å².